The summed E-state index contributed by atoms with van der Waals surface area (Å²) in [5, 5.41) is 45.7. The lowest BCUT2D eigenvalue weighted by molar-refractivity contribution is -0.188. The monoisotopic (exact) mass is 1130 g/mol. The Morgan fingerprint density at radius 1 is 0.818 bits per heavy atom. The number of aliphatic hydroxyl groups excluding tert-OH is 4. The molecular weight excluding hydrogens is 1040 g/mol. The molecule has 1 aromatic heterocycles. The number of carbonyl (C=O) groups excluding carboxylic acids is 3. The number of unbranched alkanes of at least 4 members (excludes halogenated alkanes) is 5. The Hall–Kier alpha value is -4.21. The Labute approximate surface area is 453 Å². The number of aliphatic hydroxyl groups is 4. The van der Waals surface area contributed by atoms with E-state index in [0.29, 0.717) is 44.9 Å². The average molecular weight is 1130 g/mol. The van der Waals surface area contributed by atoms with Gasteiger partial charge < -0.3 is 50.2 Å². The highest BCUT2D eigenvalue weighted by molar-refractivity contribution is 7.61. The number of anilines is 1. The molecule has 8 N–H and O–H groups in total. The number of ketones is 1. The lowest BCUT2D eigenvalue weighted by Gasteiger charge is -2.39. The number of carbonyl (C=O) groups is 3. The minimum absolute atomic E-state index is 0.0438. The maximum atomic E-state index is 14.0. The maximum absolute atomic E-state index is 14.0. The van der Waals surface area contributed by atoms with Crippen LogP contribution in [0.5, 0.6) is 0 Å². The zero-order chi connectivity index (χ0) is 56.5. The number of ether oxygens (including phenoxy) is 3. The van der Waals surface area contributed by atoms with Crippen molar-refractivity contribution in [2.24, 2.45) is 11.8 Å². The van der Waals surface area contributed by atoms with E-state index >= 15 is 0 Å². The second-order valence-electron chi connectivity index (χ2n) is 19.2. The predicted octanol–water partition coefficient (Wildman–Crippen LogP) is 8.26. The number of nitrogen functional groups attached to an aromatic ring is 1. The fourth-order valence-electron chi connectivity index (χ4n) is 8.38. The Morgan fingerprint density at radius 3 is 2.05 bits per heavy atom. The number of phosphoric acid groups is 2. The van der Waals surface area contributed by atoms with Crippen LogP contribution in [0.3, 0.4) is 0 Å². The van der Waals surface area contributed by atoms with E-state index in [2.05, 4.69) is 52.7 Å². The van der Waals surface area contributed by atoms with Gasteiger partial charge in [-0.25, -0.2) is 13.9 Å². The summed E-state index contributed by atoms with van der Waals surface area (Å²) in [6.07, 6.45) is 24.2. The number of Topliss-reactive ketones (excluding diaryl/α,β-unsaturated/α-hetero) is 1. The molecule has 2 bridgehead atoms. The molecule has 77 heavy (non-hydrogen) atoms. The van der Waals surface area contributed by atoms with Crippen LogP contribution >= 0.6 is 15.6 Å². The largest absolute Gasteiger partial charge is 0.481 e. The first kappa shape index (κ1) is 67.1. The number of nitrogens with two attached hydrogens (primary N) is 1. The van der Waals surface area contributed by atoms with Crippen LogP contribution in [0.15, 0.2) is 90.0 Å². The molecule has 434 valence electrons. The Balaban J connectivity index is 1.72. The summed E-state index contributed by atoms with van der Waals surface area (Å²) in [6, 6.07) is 1.24. The lowest BCUT2D eigenvalue weighted by atomic mass is 9.83. The molecule has 0 aromatic carbocycles. The van der Waals surface area contributed by atoms with Gasteiger partial charge in [-0.2, -0.15) is 9.29 Å². The van der Waals surface area contributed by atoms with Gasteiger partial charge in [0.15, 0.2) is 6.10 Å². The van der Waals surface area contributed by atoms with Gasteiger partial charge in [-0.1, -0.05) is 138 Å². The number of hydrogen-bond acceptors (Lipinski definition) is 18. The van der Waals surface area contributed by atoms with Gasteiger partial charge in [0.1, 0.15) is 36.6 Å². The highest BCUT2D eigenvalue weighted by Gasteiger charge is 2.45. The standard InChI is InChI=1S/C54H85N3O18P2/c1-3-5-7-8-9-10-11-12-13-14-15-16-17-18-19-20-21-22-27-31-49(61)70-38-42-39-71-76(66,67)75-77(68,69)72-40-47-52(64)51(63)43(34-33-41(58)29-25-6-4-2)45(59)37-46(60)44(30-26-23-24-28-32-50(62)73-42)53(74-47)57-36-35-48(55)56-54(57)65/h9-10,12-13,15-16,18-19,21-22,33-36,41-44,46-47,51-53,58,60,63-64H,3-8,11,14,17,20,23-32,37-40H2,1-2H3,(H,66,67)(H,68,69)(H2,55,56,65)/b10-9-,13-12-,16-15-,19-18-,22-21-,34-33-/t41-,42+,43-,44-,46-,47+,51-,52+,53+/m0/s1. The van der Waals surface area contributed by atoms with Crippen molar-refractivity contribution >= 4 is 39.2 Å². The summed E-state index contributed by atoms with van der Waals surface area (Å²) < 4.78 is 58.9. The number of fused-ring (bicyclic) bond motifs is 3. The van der Waals surface area contributed by atoms with Crippen molar-refractivity contribution in [1.82, 2.24) is 9.55 Å². The number of esters is 2. The lowest BCUT2D eigenvalue weighted by Crippen LogP contribution is -2.51. The van der Waals surface area contributed by atoms with E-state index < -0.39 is 120 Å². The molecule has 2 saturated heterocycles. The number of rotatable bonds is 24. The molecule has 2 aliphatic heterocycles. The van der Waals surface area contributed by atoms with Gasteiger partial charge in [-0.15, -0.1) is 0 Å². The van der Waals surface area contributed by atoms with Crippen molar-refractivity contribution in [3.63, 3.8) is 0 Å². The molecule has 3 rings (SSSR count). The molecule has 0 spiro atoms. The van der Waals surface area contributed by atoms with Gasteiger partial charge >= 0.3 is 33.3 Å². The van der Waals surface area contributed by atoms with E-state index in [1.807, 2.05) is 31.2 Å². The van der Waals surface area contributed by atoms with Crippen LogP contribution in [0.25, 0.3) is 0 Å². The smallest absolute Gasteiger partial charge is 0.462 e. The number of hydrogen-bond donors (Lipinski definition) is 7. The minimum Gasteiger partial charge on any atom is -0.462 e. The molecule has 3 heterocycles. The molecular formula is C54H85N3O18P2. The number of phosphoric ester groups is 2. The van der Waals surface area contributed by atoms with Crippen LogP contribution < -0.4 is 11.4 Å². The third-order valence-electron chi connectivity index (χ3n) is 12.7. The highest BCUT2D eigenvalue weighted by Crippen LogP contribution is 2.60. The fraction of sp³-hybridized carbons (Fsp3) is 0.648. The van der Waals surface area contributed by atoms with Crippen LogP contribution in [-0.4, -0.2) is 114 Å². The summed E-state index contributed by atoms with van der Waals surface area (Å²) in [5.41, 5.74) is 4.77. The van der Waals surface area contributed by atoms with E-state index in [1.54, 1.807) is 0 Å². The van der Waals surface area contributed by atoms with Crippen molar-refractivity contribution in [3.8, 4) is 0 Å². The molecule has 2 unspecified atom stereocenters. The summed E-state index contributed by atoms with van der Waals surface area (Å²) in [7, 11) is -11.3. The molecule has 0 aliphatic carbocycles. The molecule has 0 radical (unpaired) electrons. The van der Waals surface area contributed by atoms with Crippen LogP contribution in [-0.2, 0) is 51.1 Å². The molecule has 11 atom stereocenters. The molecule has 1 aromatic rings. The van der Waals surface area contributed by atoms with E-state index in [0.717, 1.165) is 43.1 Å². The number of nitrogens with zero attached hydrogens (tertiary/aromatic N) is 2. The normalized spacial score (nSPS) is 28.8. The van der Waals surface area contributed by atoms with Gasteiger partial charge in [0.2, 0.25) is 0 Å². The SMILES string of the molecule is CCCCC/C=C\C/C=C\C/C=C\C/C=C\C/C=C\CCC(=O)OC[C@@H]1COP(=O)(O)OP(=O)(O)OC[C@H]2O[C@@H](n3ccc(N)nc3=O)[C@@H](CCCCCCC(=O)O1)[C@@H](O)CC(=O)[C@H](/C=C\[C@@H](O)CCCCC)[C@H](O)[C@@H]2O. The Bertz CT molecular complexity index is 2250. The maximum Gasteiger partial charge on any atom is 0.481 e. The molecule has 2 fully saturated rings. The molecule has 23 heteroatoms. The van der Waals surface area contributed by atoms with Crippen LogP contribution in [0, 0.1) is 11.8 Å². The van der Waals surface area contributed by atoms with Gasteiger partial charge in [-0.05, 0) is 70.3 Å². The third kappa shape index (κ3) is 28.0. The van der Waals surface area contributed by atoms with Crippen molar-refractivity contribution in [2.75, 3.05) is 25.6 Å². The first-order chi connectivity index (χ1) is 36.9. The van der Waals surface area contributed by atoms with Crippen molar-refractivity contribution in [1.29, 1.82) is 0 Å². The average Bonchev–Trinajstić information content (AvgIpc) is 3.37. The topological polar surface area (TPSA) is 323 Å². The molecule has 0 amide bonds. The van der Waals surface area contributed by atoms with Gasteiger partial charge in [0.05, 0.1) is 37.4 Å². The van der Waals surface area contributed by atoms with Crippen molar-refractivity contribution < 1.29 is 81.3 Å². The number of aromatic nitrogens is 2. The first-order valence-electron chi connectivity index (χ1n) is 27.1. The van der Waals surface area contributed by atoms with Gasteiger partial charge in [0, 0.05) is 31.4 Å². The van der Waals surface area contributed by atoms with Gasteiger partial charge in [0.25, 0.3) is 0 Å². The first-order valence-corrected chi connectivity index (χ1v) is 30.0. The Kier molecular flexibility index (Phi) is 32.8. The Morgan fingerprint density at radius 2 is 1.42 bits per heavy atom. The summed E-state index contributed by atoms with van der Waals surface area (Å²) in [4.78, 5) is 78.1. The van der Waals surface area contributed by atoms with E-state index in [4.69, 9.17) is 29.0 Å². The van der Waals surface area contributed by atoms with Crippen LogP contribution in [0.1, 0.15) is 155 Å². The quantitative estimate of drug-likeness (QED) is 0.0222. The zero-order valence-electron chi connectivity index (χ0n) is 44.7. The third-order valence-corrected chi connectivity index (χ3v) is 15.3. The number of allylic oxidation sites excluding steroid dienone is 10. The fourth-order valence-corrected chi connectivity index (χ4v) is 10.5. The highest BCUT2D eigenvalue weighted by atomic mass is 31.3. The predicted molar refractivity (Wildman–Crippen MR) is 289 cm³/mol. The van der Waals surface area contributed by atoms with Crippen molar-refractivity contribution in [3.05, 3.63) is 95.7 Å². The summed E-state index contributed by atoms with van der Waals surface area (Å²) in [5.74, 6) is -5.15. The zero-order valence-corrected chi connectivity index (χ0v) is 46.5. The van der Waals surface area contributed by atoms with Crippen LogP contribution in [0.2, 0.25) is 0 Å². The van der Waals surface area contributed by atoms with Crippen LogP contribution in [0.4, 0.5) is 5.82 Å². The van der Waals surface area contributed by atoms with E-state index in [1.165, 1.54) is 43.7 Å². The minimum atomic E-state index is -5.73. The summed E-state index contributed by atoms with van der Waals surface area (Å²) >= 11 is 0. The van der Waals surface area contributed by atoms with E-state index in [9.17, 15) is 58.5 Å². The second kappa shape index (κ2) is 37.6. The van der Waals surface area contributed by atoms with Crippen molar-refractivity contribution in [2.45, 2.75) is 192 Å². The number of cyclic esters (lactones) is 1. The van der Waals surface area contributed by atoms with E-state index in [-0.39, 0.29) is 31.5 Å². The second-order valence-corrected chi connectivity index (χ2v) is 22.2. The van der Waals surface area contributed by atoms with Gasteiger partial charge in [-0.3, -0.25) is 28.0 Å². The molecule has 0 saturated carbocycles. The summed E-state index contributed by atoms with van der Waals surface area (Å²) in [6.45, 7) is 1.39. The molecule has 2 aliphatic rings. The molecule has 21 nitrogen and oxygen atoms in total.